The van der Waals surface area contributed by atoms with Crippen molar-refractivity contribution in [2.45, 2.75) is 44.9 Å². The fourth-order valence-corrected chi connectivity index (χ4v) is 4.57. The summed E-state index contributed by atoms with van der Waals surface area (Å²) in [4.78, 5) is 16.5. The van der Waals surface area contributed by atoms with Gasteiger partial charge in [0, 0.05) is 18.1 Å². The molecule has 0 saturated carbocycles. The molecule has 34 heavy (non-hydrogen) atoms. The van der Waals surface area contributed by atoms with Crippen LogP contribution in [0.5, 0.6) is 5.75 Å². The van der Waals surface area contributed by atoms with E-state index in [1.807, 2.05) is 42.6 Å². The first-order valence-electron chi connectivity index (χ1n) is 12.2. The number of aromatic nitrogens is 1. The number of methoxy groups -OCH3 is 1. The van der Waals surface area contributed by atoms with Crippen molar-refractivity contribution in [3.63, 3.8) is 0 Å². The number of pyridine rings is 1. The zero-order chi connectivity index (χ0) is 23.8. The maximum atomic E-state index is 14.6. The Bertz CT molecular complexity index is 1110. The van der Waals surface area contributed by atoms with Crippen molar-refractivity contribution in [2.75, 3.05) is 26.8 Å². The molecular formula is C28H33FN2O3. The van der Waals surface area contributed by atoms with Gasteiger partial charge >= 0.3 is 5.97 Å². The number of piperidine rings is 1. The smallest absolute Gasteiger partial charge is 0.310 e. The van der Waals surface area contributed by atoms with Gasteiger partial charge in [-0.2, -0.15) is 0 Å². The Hall–Kier alpha value is -2.99. The minimum absolute atomic E-state index is 0.0445. The molecule has 0 aliphatic carbocycles. The van der Waals surface area contributed by atoms with E-state index in [0.717, 1.165) is 60.9 Å². The molecule has 1 N–H and O–H groups in total. The third-order valence-corrected chi connectivity index (χ3v) is 6.53. The number of benzene rings is 2. The second-order valence-corrected chi connectivity index (χ2v) is 8.95. The highest BCUT2D eigenvalue weighted by molar-refractivity contribution is 5.83. The van der Waals surface area contributed by atoms with Gasteiger partial charge in [0.2, 0.25) is 0 Å². The molecule has 0 amide bonds. The lowest BCUT2D eigenvalue weighted by Gasteiger charge is -2.21. The lowest BCUT2D eigenvalue weighted by atomic mass is 9.99. The van der Waals surface area contributed by atoms with Crippen LogP contribution >= 0.6 is 0 Å². The summed E-state index contributed by atoms with van der Waals surface area (Å²) in [6.45, 7) is 2.00. The molecule has 0 unspecified atom stereocenters. The number of hydrogen-bond acceptors (Lipinski definition) is 5. The second-order valence-electron chi connectivity index (χ2n) is 8.95. The molecule has 0 radical (unpaired) electrons. The fourth-order valence-electron chi connectivity index (χ4n) is 4.57. The maximum Gasteiger partial charge on any atom is 0.310 e. The Morgan fingerprint density at radius 2 is 1.97 bits per heavy atom. The van der Waals surface area contributed by atoms with Gasteiger partial charge in [0.25, 0.3) is 0 Å². The number of ether oxygens (including phenoxy) is 2. The van der Waals surface area contributed by atoms with Crippen molar-refractivity contribution in [2.24, 2.45) is 5.92 Å². The van der Waals surface area contributed by atoms with E-state index >= 15 is 0 Å². The Labute approximate surface area is 200 Å². The third kappa shape index (κ3) is 6.32. The van der Waals surface area contributed by atoms with E-state index in [0.29, 0.717) is 31.6 Å². The van der Waals surface area contributed by atoms with Gasteiger partial charge in [-0.25, -0.2) is 4.39 Å². The number of rotatable bonds is 10. The monoisotopic (exact) mass is 464 g/mol. The summed E-state index contributed by atoms with van der Waals surface area (Å²) >= 11 is 0. The van der Waals surface area contributed by atoms with Crippen molar-refractivity contribution in [1.29, 1.82) is 0 Å². The molecule has 1 aliphatic rings. The van der Waals surface area contributed by atoms with E-state index in [2.05, 4.69) is 10.3 Å². The van der Waals surface area contributed by atoms with Crippen LogP contribution in [-0.4, -0.2) is 37.8 Å². The average molecular weight is 465 g/mol. The summed E-state index contributed by atoms with van der Waals surface area (Å²) < 4.78 is 25.4. The van der Waals surface area contributed by atoms with Crippen LogP contribution in [0.4, 0.5) is 4.39 Å². The predicted octanol–water partition coefficient (Wildman–Crippen LogP) is 5.03. The normalized spacial score (nSPS) is 15.9. The maximum absolute atomic E-state index is 14.6. The van der Waals surface area contributed by atoms with Gasteiger partial charge in [-0.3, -0.25) is 9.78 Å². The lowest BCUT2D eigenvalue weighted by Crippen LogP contribution is -2.35. The van der Waals surface area contributed by atoms with Crippen molar-refractivity contribution in [3.05, 3.63) is 71.2 Å². The molecule has 4 rings (SSSR count). The van der Waals surface area contributed by atoms with Crippen LogP contribution in [0.25, 0.3) is 10.9 Å². The molecule has 1 atom stereocenters. The van der Waals surface area contributed by atoms with Crippen molar-refractivity contribution < 1.29 is 18.7 Å². The second kappa shape index (κ2) is 11.9. The Kier molecular flexibility index (Phi) is 8.47. The minimum Gasteiger partial charge on any atom is -0.497 e. The first-order valence-corrected chi connectivity index (χ1v) is 12.2. The first kappa shape index (κ1) is 24.1. The number of fused-ring (bicyclic) bond motifs is 1. The molecule has 1 fully saturated rings. The van der Waals surface area contributed by atoms with E-state index < -0.39 is 0 Å². The summed E-state index contributed by atoms with van der Waals surface area (Å²) in [5, 5.41) is 4.32. The molecule has 0 spiro atoms. The van der Waals surface area contributed by atoms with Crippen LogP contribution < -0.4 is 10.1 Å². The molecule has 180 valence electrons. The number of nitrogens with zero attached hydrogens (tertiary/aromatic N) is 1. The highest BCUT2D eigenvalue weighted by Gasteiger charge is 2.22. The van der Waals surface area contributed by atoms with E-state index in [1.165, 1.54) is 5.56 Å². The van der Waals surface area contributed by atoms with Gasteiger partial charge in [0.05, 0.1) is 25.2 Å². The van der Waals surface area contributed by atoms with Gasteiger partial charge < -0.3 is 14.8 Å². The SMILES string of the molecule is COc1ccc2nccc(CCCc3ccc(CCCOC(=O)[C@@H]4CCCNC4)c(F)c3)c2c1. The molecule has 6 heteroatoms. The molecule has 2 aromatic carbocycles. The molecule has 1 aromatic heterocycles. The topological polar surface area (TPSA) is 60.5 Å². The van der Waals surface area contributed by atoms with E-state index in [4.69, 9.17) is 9.47 Å². The lowest BCUT2D eigenvalue weighted by molar-refractivity contribution is -0.149. The zero-order valence-corrected chi connectivity index (χ0v) is 19.8. The number of aryl methyl sites for hydroxylation is 3. The molecule has 3 aromatic rings. The summed E-state index contributed by atoms with van der Waals surface area (Å²) in [7, 11) is 1.66. The van der Waals surface area contributed by atoms with Crippen LogP contribution in [-0.2, 0) is 28.8 Å². The number of halogens is 1. The van der Waals surface area contributed by atoms with Crippen molar-refractivity contribution in [3.8, 4) is 5.75 Å². The summed E-state index contributed by atoms with van der Waals surface area (Å²) in [6.07, 6.45) is 7.52. The Balaban J connectivity index is 1.24. The molecule has 1 saturated heterocycles. The van der Waals surface area contributed by atoms with Crippen molar-refractivity contribution in [1.82, 2.24) is 10.3 Å². The number of carbonyl (C=O) groups is 1. The number of esters is 1. The van der Waals surface area contributed by atoms with E-state index in [1.54, 1.807) is 13.2 Å². The van der Waals surface area contributed by atoms with E-state index in [-0.39, 0.29) is 17.7 Å². The van der Waals surface area contributed by atoms with Gasteiger partial charge in [-0.05, 0) is 98.5 Å². The molecule has 5 nitrogen and oxygen atoms in total. The first-order chi connectivity index (χ1) is 16.6. The molecule has 1 aliphatic heterocycles. The van der Waals surface area contributed by atoms with Crippen LogP contribution in [0, 0.1) is 11.7 Å². The van der Waals surface area contributed by atoms with Gasteiger partial charge in [0.1, 0.15) is 11.6 Å². The molecular weight excluding hydrogens is 431 g/mol. The van der Waals surface area contributed by atoms with Crippen LogP contribution in [0.3, 0.4) is 0 Å². The number of nitrogens with one attached hydrogen (secondary N) is 1. The zero-order valence-electron chi connectivity index (χ0n) is 19.8. The van der Waals surface area contributed by atoms with Crippen LogP contribution in [0.2, 0.25) is 0 Å². The highest BCUT2D eigenvalue weighted by Crippen LogP contribution is 2.24. The Morgan fingerprint density at radius 1 is 1.09 bits per heavy atom. The minimum atomic E-state index is -0.181. The van der Waals surface area contributed by atoms with Gasteiger partial charge in [0.15, 0.2) is 0 Å². The third-order valence-electron chi connectivity index (χ3n) is 6.53. The van der Waals surface area contributed by atoms with Crippen LogP contribution in [0.15, 0.2) is 48.7 Å². The largest absolute Gasteiger partial charge is 0.497 e. The highest BCUT2D eigenvalue weighted by atomic mass is 19.1. The van der Waals surface area contributed by atoms with Gasteiger partial charge in [-0.1, -0.05) is 12.1 Å². The quantitative estimate of drug-likeness (QED) is 0.337. The van der Waals surface area contributed by atoms with Gasteiger partial charge in [-0.15, -0.1) is 0 Å². The fraction of sp³-hybridized carbons (Fsp3) is 0.429. The summed E-state index contributed by atoms with van der Waals surface area (Å²) in [5.74, 6) is 0.458. The number of hydrogen-bond donors (Lipinski definition) is 1. The summed E-state index contributed by atoms with van der Waals surface area (Å²) in [6, 6.07) is 13.5. The summed E-state index contributed by atoms with van der Waals surface area (Å²) in [5.41, 5.74) is 3.84. The predicted molar refractivity (Wildman–Crippen MR) is 132 cm³/mol. The standard InChI is InChI=1S/C28H33FN2O3/c1-33-24-11-12-27-25(18-24)21(13-15-31-27)6-2-5-20-9-10-22(26(29)17-20)8-4-16-34-28(32)23-7-3-14-30-19-23/h9-13,15,17-18,23,30H,2-8,14,16,19H2,1H3/t23-/m1/s1. The van der Waals surface area contributed by atoms with Crippen LogP contribution in [0.1, 0.15) is 42.4 Å². The average Bonchev–Trinajstić information content (AvgIpc) is 2.88. The van der Waals surface area contributed by atoms with E-state index in [9.17, 15) is 9.18 Å². The molecule has 0 bridgehead atoms. The number of carbonyl (C=O) groups excluding carboxylic acids is 1. The van der Waals surface area contributed by atoms with Crippen molar-refractivity contribution >= 4 is 16.9 Å². The molecule has 2 heterocycles. The Morgan fingerprint density at radius 3 is 2.76 bits per heavy atom.